The van der Waals surface area contributed by atoms with Crippen LogP contribution < -0.4 is 4.90 Å². The van der Waals surface area contributed by atoms with E-state index in [2.05, 4.69) is 42.9 Å². The molecule has 0 bridgehead atoms. The maximum absolute atomic E-state index is 5.94. The van der Waals surface area contributed by atoms with Crippen molar-refractivity contribution in [3.8, 4) is 0 Å². The minimum atomic E-state index is 0.417. The standard InChI is InChI=1S/C14H15BrClN3/c1-10-17-8-12(7-16)14(18-10)19(2)9-11-3-5-13(15)6-4-11/h3-6,8H,7,9H2,1-2H3. The minimum Gasteiger partial charge on any atom is -0.355 e. The van der Waals surface area contributed by atoms with Gasteiger partial charge >= 0.3 is 0 Å². The molecule has 0 saturated heterocycles. The first-order valence-electron chi connectivity index (χ1n) is 5.94. The molecule has 2 rings (SSSR count). The van der Waals surface area contributed by atoms with Gasteiger partial charge in [-0.3, -0.25) is 0 Å². The number of aromatic nitrogens is 2. The number of halogens is 2. The molecule has 0 spiro atoms. The molecular formula is C14H15BrClN3. The normalized spacial score (nSPS) is 10.5. The molecule has 1 aromatic carbocycles. The van der Waals surface area contributed by atoms with Crippen molar-refractivity contribution in [2.24, 2.45) is 0 Å². The van der Waals surface area contributed by atoms with Gasteiger partial charge in [0.15, 0.2) is 0 Å². The molecular weight excluding hydrogens is 326 g/mol. The Kier molecular flexibility index (Phi) is 4.77. The summed E-state index contributed by atoms with van der Waals surface area (Å²) >= 11 is 9.38. The lowest BCUT2D eigenvalue weighted by Gasteiger charge is -2.20. The van der Waals surface area contributed by atoms with Crippen LogP contribution in [0.15, 0.2) is 34.9 Å². The number of benzene rings is 1. The Bertz CT molecular complexity index is 557. The summed E-state index contributed by atoms with van der Waals surface area (Å²) in [4.78, 5) is 10.8. The van der Waals surface area contributed by atoms with Gasteiger partial charge in [0.1, 0.15) is 11.6 Å². The lowest BCUT2D eigenvalue weighted by Crippen LogP contribution is -2.20. The third-order valence-corrected chi connectivity index (χ3v) is 3.62. The number of rotatable bonds is 4. The largest absolute Gasteiger partial charge is 0.355 e. The van der Waals surface area contributed by atoms with Crippen molar-refractivity contribution in [3.63, 3.8) is 0 Å². The fourth-order valence-corrected chi connectivity index (χ4v) is 2.30. The number of hydrogen-bond donors (Lipinski definition) is 0. The molecule has 0 atom stereocenters. The topological polar surface area (TPSA) is 29.0 Å². The van der Waals surface area contributed by atoms with E-state index in [1.54, 1.807) is 6.20 Å². The van der Waals surface area contributed by atoms with Crippen LogP contribution in [0.1, 0.15) is 17.0 Å². The highest BCUT2D eigenvalue weighted by Gasteiger charge is 2.10. The molecule has 100 valence electrons. The Balaban J connectivity index is 2.21. The van der Waals surface area contributed by atoms with Gasteiger partial charge in [-0.15, -0.1) is 11.6 Å². The van der Waals surface area contributed by atoms with Gasteiger partial charge in [-0.05, 0) is 24.6 Å². The number of hydrogen-bond acceptors (Lipinski definition) is 3. The average molecular weight is 341 g/mol. The average Bonchev–Trinajstić information content (AvgIpc) is 2.41. The van der Waals surface area contributed by atoms with Crippen LogP contribution >= 0.6 is 27.5 Å². The van der Waals surface area contributed by atoms with Gasteiger partial charge < -0.3 is 4.90 Å². The van der Waals surface area contributed by atoms with E-state index in [1.165, 1.54) is 5.56 Å². The second-order valence-corrected chi connectivity index (χ2v) is 5.57. The summed E-state index contributed by atoms with van der Waals surface area (Å²) in [6, 6.07) is 8.26. The van der Waals surface area contributed by atoms with Gasteiger partial charge in [0.05, 0.1) is 5.88 Å². The molecule has 3 nitrogen and oxygen atoms in total. The Hall–Kier alpha value is -1.13. The van der Waals surface area contributed by atoms with Crippen molar-refractivity contribution < 1.29 is 0 Å². The van der Waals surface area contributed by atoms with E-state index >= 15 is 0 Å². The summed E-state index contributed by atoms with van der Waals surface area (Å²) in [5.41, 5.74) is 2.18. The van der Waals surface area contributed by atoms with Crippen LogP contribution in [-0.2, 0) is 12.4 Å². The lowest BCUT2D eigenvalue weighted by atomic mass is 10.2. The Morgan fingerprint density at radius 2 is 1.95 bits per heavy atom. The molecule has 0 aliphatic heterocycles. The van der Waals surface area contributed by atoms with Gasteiger partial charge in [-0.25, -0.2) is 9.97 Å². The number of alkyl halides is 1. The number of nitrogens with zero attached hydrogens (tertiary/aromatic N) is 3. The van der Waals surface area contributed by atoms with Gasteiger partial charge in [0, 0.05) is 29.8 Å². The lowest BCUT2D eigenvalue weighted by molar-refractivity contribution is 0.867. The Morgan fingerprint density at radius 3 is 2.58 bits per heavy atom. The van der Waals surface area contributed by atoms with Crippen LogP contribution in [-0.4, -0.2) is 17.0 Å². The van der Waals surface area contributed by atoms with Crippen molar-refractivity contribution in [2.45, 2.75) is 19.3 Å². The van der Waals surface area contributed by atoms with Crippen LogP contribution in [0.3, 0.4) is 0 Å². The first-order valence-corrected chi connectivity index (χ1v) is 7.27. The summed E-state index contributed by atoms with van der Waals surface area (Å²) < 4.78 is 1.08. The monoisotopic (exact) mass is 339 g/mol. The zero-order chi connectivity index (χ0) is 13.8. The van der Waals surface area contributed by atoms with Gasteiger partial charge in [0.2, 0.25) is 0 Å². The zero-order valence-electron chi connectivity index (χ0n) is 10.9. The molecule has 0 N–H and O–H groups in total. The Labute approximate surface area is 126 Å². The van der Waals surface area contributed by atoms with E-state index in [-0.39, 0.29) is 0 Å². The fraction of sp³-hybridized carbons (Fsp3) is 0.286. The molecule has 0 aliphatic rings. The molecule has 0 saturated carbocycles. The second-order valence-electron chi connectivity index (χ2n) is 4.38. The zero-order valence-corrected chi connectivity index (χ0v) is 13.2. The van der Waals surface area contributed by atoms with Crippen LogP contribution in [0, 0.1) is 6.92 Å². The third kappa shape index (κ3) is 3.67. The van der Waals surface area contributed by atoms with Crippen LogP contribution in [0.2, 0.25) is 0 Å². The number of aryl methyl sites for hydroxylation is 1. The third-order valence-electron chi connectivity index (χ3n) is 2.80. The van der Waals surface area contributed by atoms with Crippen molar-refractivity contribution in [1.29, 1.82) is 0 Å². The highest BCUT2D eigenvalue weighted by atomic mass is 79.9. The van der Waals surface area contributed by atoms with Crippen LogP contribution in [0.5, 0.6) is 0 Å². The molecule has 2 aromatic rings. The summed E-state index contributed by atoms with van der Waals surface area (Å²) in [7, 11) is 2.01. The van der Waals surface area contributed by atoms with Crippen molar-refractivity contribution in [2.75, 3.05) is 11.9 Å². The molecule has 0 fully saturated rings. The summed E-state index contributed by atoms with van der Waals surface area (Å²) in [6.45, 7) is 2.67. The fourth-order valence-electron chi connectivity index (χ4n) is 1.85. The van der Waals surface area contributed by atoms with E-state index in [0.717, 1.165) is 28.2 Å². The molecule has 0 radical (unpaired) electrons. The van der Waals surface area contributed by atoms with E-state index in [1.807, 2.05) is 26.1 Å². The molecule has 1 heterocycles. The first-order chi connectivity index (χ1) is 9.10. The van der Waals surface area contributed by atoms with E-state index in [4.69, 9.17) is 11.6 Å². The molecule has 1 aromatic heterocycles. The van der Waals surface area contributed by atoms with Crippen molar-refractivity contribution in [3.05, 3.63) is 51.9 Å². The SMILES string of the molecule is Cc1ncc(CCl)c(N(C)Cc2ccc(Br)cc2)n1. The van der Waals surface area contributed by atoms with Crippen molar-refractivity contribution in [1.82, 2.24) is 9.97 Å². The second kappa shape index (κ2) is 6.35. The Morgan fingerprint density at radius 1 is 1.26 bits per heavy atom. The predicted octanol–water partition coefficient (Wildman–Crippen LogP) is 3.92. The van der Waals surface area contributed by atoms with E-state index in [9.17, 15) is 0 Å². The van der Waals surface area contributed by atoms with Gasteiger partial charge in [-0.2, -0.15) is 0 Å². The van der Waals surface area contributed by atoms with Gasteiger partial charge in [0.25, 0.3) is 0 Å². The molecule has 5 heteroatoms. The van der Waals surface area contributed by atoms with Crippen molar-refractivity contribution >= 4 is 33.3 Å². The minimum absolute atomic E-state index is 0.417. The van der Waals surface area contributed by atoms with E-state index < -0.39 is 0 Å². The van der Waals surface area contributed by atoms with Crippen LogP contribution in [0.4, 0.5) is 5.82 Å². The summed E-state index contributed by atoms with van der Waals surface area (Å²) in [5.74, 6) is 2.07. The summed E-state index contributed by atoms with van der Waals surface area (Å²) in [5, 5.41) is 0. The maximum Gasteiger partial charge on any atom is 0.136 e. The molecule has 0 aliphatic carbocycles. The highest BCUT2D eigenvalue weighted by molar-refractivity contribution is 9.10. The maximum atomic E-state index is 5.94. The van der Waals surface area contributed by atoms with Crippen LogP contribution in [0.25, 0.3) is 0 Å². The highest BCUT2D eigenvalue weighted by Crippen LogP contribution is 2.20. The molecule has 0 unspecified atom stereocenters. The molecule has 0 amide bonds. The molecule has 19 heavy (non-hydrogen) atoms. The summed E-state index contributed by atoms with van der Waals surface area (Å²) in [6.07, 6.45) is 1.79. The van der Waals surface area contributed by atoms with E-state index in [0.29, 0.717) is 5.88 Å². The smallest absolute Gasteiger partial charge is 0.136 e. The first kappa shape index (κ1) is 14.3. The predicted molar refractivity (Wildman–Crippen MR) is 82.6 cm³/mol. The number of anilines is 1. The van der Waals surface area contributed by atoms with Gasteiger partial charge in [-0.1, -0.05) is 28.1 Å². The quantitative estimate of drug-likeness (QED) is 0.790.